The molecule has 0 unspecified atom stereocenters. The van der Waals surface area contributed by atoms with Crippen molar-refractivity contribution in [2.75, 3.05) is 6.54 Å². The van der Waals surface area contributed by atoms with Crippen LogP contribution in [0, 0.1) is 12.3 Å². The quantitative estimate of drug-likeness (QED) is 0.573. The van der Waals surface area contributed by atoms with Crippen molar-refractivity contribution in [2.24, 2.45) is 4.99 Å². The Kier molecular flexibility index (Phi) is 8.24. The highest BCUT2D eigenvalue weighted by Gasteiger charge is 2.04. The largest absolute Gasteiger partial charge is 0.333 e. The molecule has 0 aliphatic rings. The number of pyridine rings is 1. The maximum absolute atomic E-state index is 5.37. The van der Waals surface area contributed by atoms with E-state index in [-0.39, 0.29) is 0 Å². The van der Waals surface area contributed by atoms with Crippen LogP contribution in [-0.2, 0) is 13.0 Å². The molecule has 2 rings (SSSR count). The van der Waals surface area contributed by atoms with Crippen molar-refractivity contribution < 1.29 is 0 Å². The minimum Gasteiger partial charge on any atom is -0.333 e. The van der Waals surface area contributed by atoms with Gasteiger partial charge in [0.25, 0.3) is 0 Å². The minimum atomic E-state index is 0.410. The topological polar surface area (TPSA) is 17.3 Å². The summed E-state index contributed by atoms with van der Waals surface area (Å²) in [7, 11) is 0. The van der Waals surface area contributed by atoms with E-state index in [1.54, 1.807) is 0 Å². The lowest BCUT2D eigenvalue weighted by Crippen LogP contribution is -2.23. The maximum atomic E-state index is 5.37. The van der Waals surface area contributed by atoms with Crippen LogP contribution in [0.25, 0.3) is 11.1 Å². The molecule has 0 N–H and O–H groups in total. The molecule has 1 aromatic heterocycles. The van der Waals surface area contributed by atoms with Crippen molar-refractivity contribution >= 4 is 0 Å². The van der Waals surface area contributed by atoms with Crippen LogP contribution < -0.4 is 5.49 Å². The zero-order valence-electron chi connectivity index (χ0n) is 14.3. The molecule has 1 heterocycles. The van der Waals surface area contributed by atoms with Crippen LogP contribution in [0.4, 0.5) is 0 Å². The zero-order valence-corrected chi connectivity index (χ0v) is 14.3. The van der Waals surface area contributed by atoms with Gasteiger partial charge in [0.15, 0.2) is 0 Å². The second-order valence-electron chi connectivity index (χ2n) is 5.01. The Morgan fingerprint density at radius 2 is 1.83 bits per heavy atom. The van der Waals surface area contributed by atoms with Crippen LogP contribution in [-0.4, -0.2) is 11.1 Å². The Bertz CT molecular complexity index is 700. The molecule has 2 heteroatoms. The molecule has 0 spiro atoms. The van der Waals surface area contributed by atoms with Gasteiger partial charge in [-0.2, -0.15) is 0 Å². The summed E-state index contributed by atoms with van der Waals surface area (Å²) in [5.74, 6) is 2.60. The van der Waals surface area contributed by atoms with Crippen LogP contribution in [0.5, 0.6) is 0 Å². The smallest absolute Gasteiger partial charge is 0.136 e. The van der Waals surface area contributed by atoms with Gasteiger partial charge in [0.05, 0.1) is 0 Å². The number of hydrogen-bond donors (Lipinski definition) is 0. The van der Waals surface area contributed by atoms with Crippen molar-refractivity contribution in [1.82, 2.24) is 4.57 Å². The first-order valence-corrected chi connectivity index (χ1v) is 8.02. The first kappa shape index (κ1) is 18.5. The van der Waals surface area contributed by atoms with Gasteiger partial charge in [-0.15, -0.1) is 19.6 Å². The molecule has 1 aromatic carbocycles. The Labute approximate surface area is 140 Å². The summed E-state index contributed by atoms with van der Waals surface area (Å²) in [5, 5.41) is 0. The second kappa shape index (κ2) is 10.2. The van der Waals surface area contributed by atoms with Crippen LogP contribution in [0.3, 0.4) is 0 Å². The van der Waals surface area contributed by atoms with Gasteiger partial charge in [-0.1, -0.05) is 44.0 Å². The lowest BCUT2D eigenvalue weighted by atomic mass is 10.0. The molecule has 0 radical (unpaired) electrons. The Morgan fingerprint density at radius 3 is 2.39 bits per heavy atom. The van der Waals surface area contributed by atoms with Crippen molar-refractivity contribution in [3.63, 3.8) is 0 Å². The number of aromatic nitrogens is 1. The summed E-state index contributed by atoms with van der Waals surface area (Å²) in [4.78, 5) is 4.59. The number of hydrogen-bond acceptors (Lipinski definition) is 1. The van der Waals surface area contributed by atoms with Gasteiger partial charge >= 0.3 is 0 Å². The van der Waals surface area contributed by atoms with E-state index in [2.05, 4.69) is 85.1 Å². The Morgan fingerprint density at radius 1 is 1.13 bits per heavy atom. The molecule has 0 aliphatic carbocycles. The molecule has 2 aromatic rings. The van der Waals surface area contributed by atoms with E-state index in [1.165, 1.54) is 11.1 Å². The molecular formula is C21H26N2. The van der Waals surface area contributed by atoms with E-state index < -0.39 is 0 Å². The number of nitrogens with zero attached hydrogens (tertiary/aromatic N) is 2. The highest BCUT2D eigenvalue weighted by Crippen LogP contribution is 2.16. The van der Waals surface area contributed by atoms with Gasteiger partial charge in [-0.3, -0.25) is 4.99 Å². The highest BCUT2D eigenvalue weighted by atomic mass is 15.0. The number of aryl methyl sites for hydroxylation is 2. The normalized spacial score (nSPS) is 10.6. The fraction of sp³-hybridized carbons (Fsp3) is 0.286. The molecule has 0 fully saturated rings. The summed E-state index contributed by atoms with van der Waals surface area (Å²) < 4.78 is 2.18. The molecular weight excluding hydrogens is 280 g/mol. The molecule has 0 amide bonds. The molecule has 0 bridgehead atoms. The minimum absolute atomic E-state index is 0.410. The number of benzene rings is 1. The average molecular weight is 306 g/mol. The summed E-state index contributed by atoms with van der Waals surface area (Å²) >= 11 is 0. The molecule has 0 atom stereocenters. The van der Waals surface area contributed by atoms with Crippen molar-refractivity contribution in [1.29, 1.82) is 0 Å². The number of terminal acetylenes is 1. The fourth-order valence-electron chi connectivity index (χ4n) is 2.41. The molecule has 2 nitrogen and oxygen atoms in total. The van der Waals surface area contributed by atoms with Gasteiger partial charge in [0, 0.05) is 18.3 Å². The van der Waals surface area contributed by atoms with E-state index in [9.17, 15) is 0 Å². The third-order valence-electron chi connectivity index (χ3n) is 3.50. The van der Waals surface area contributed by atoms with Gasteiger partial charge in [0.2, 0.25) is 0 Å². The molecule has 0 saturated heterocycles. The van der Waals surface area contributed by atoms with Gasteiger partial charge < -0.3 is 4.57 Å². The predicted octanol–water partition coefficient (Wildman–Crippen LogP) is 4.46. The summed E-state index contributed by atoms with van der Waals surface area (Å²) in [6.45, 7) is 11.7. The highest BCUT2D eigenvalue weighted by molar-refractivity contribution is 5.62. The van der Waals surface area contributed by atoms with Crippen LogP contribution in [0.2, 0.25) is 0 Å². The SMILES string of the molecule is C#CCN=c1c(-c2ccc(CC)cc2)cccn1CCC.C=C. The standard InChI is InChI=1S/C19H22N2.C2H4/c1-4-13-20-19-18(8-7-15-21(19)14-5-2)17-11-9-16(6-3)10-12-17;1-2/h1,7-12,15H,5-6,13-14H2,2-3H3;1-2H2. The Hall–Kier alpha value is -2.53. The third-order valence-corrected chi connectivity index (χ3v) is 3.50. The average Bonchev–Trinajstić information content (AvgIpc) is 2.62. The Balaban J connectivity index is 0.00000127. The van der Waals surface area contributed by atoms with E-state index in [4.69, 9.17) is 6.42 Å². The summed E-state index contributed by atoms with van der Waals surface area (Å²) in [5.41, 5.74) is 4.65. The van der Waals surface area contributed by atoms with Gasteiger partial charge in [-0.05, 0) is 36.1 Å². The predicted molar refractivity (Wildman–Crippen MR) is 100 cm³/mol. The monoisotopic (exact) mass is 306 g/mol. The lowest BCUT2D eigenvalue weighted by Gasteiger charge is -2.11. The van der Waals surface area contributed by atoms with E-state index in [1.807, 2.05) is 0 Å². The van der Waals surface area contributed by atoms with Crippen LogP contribution >= 0.6 is 0 Å². The molecule has 120 valence electrons. The van der Waals surface area contributed by atoms with Crippen molar-refractivity contribution in [3.8, 4) is 23.5 Å². The zero-order chi connectivity index (χ0) is 17.1. The van der Waals surface area contributed by atoms with Crippen molar-refractivity contribution in [2.45, 2.75) is 33.2 Å². The fourth-order valence-corrected chi connectivity index (χ4v) is 2.41. The molecule has 0 aliphatic heterocycles. The lowest BCUT2D eigenvalue weighted by molar-refractivity contribution is 0.642. The van der Waals surface area contributed by atoms with Crippen LogP contribution in [0.1, 0.15) is 25.8 Å². The van der Waals surface area contributed by atoms with Gasteiger partial charge in [-0.25, -0.2) is 0 Å². The first-order chi connectivity index (χ1) is 11.3. The molecule has 23 heavy (non-hydrogen) atoms. The van der Waals surface area contributed by atoms with Gasteiger partial charge in [0.1, 0.15) is 12.0 Å². The van der Waals surface area contributed by atoms with Crippen molar-refractivity contribution in [3.05, 3.63) is 66.8 Å². The van der Waals surface area contributed by atoms with E-state index in [0.29, 0.717) is 6.54 Å². The summed E-state index contributed by atoms with van der Waals surface area (Å²) in [6, 6.07) is 12.9. The van der Waals surface area contributed by atoms with Crippen LogP contribution in [0.15, 0.2) is 60.7 Å². The summed E-state index contributed by atoms with van der Waals surface area (Å²) in [6.07, 6.45) is 9.57. The first-order valence-electron chi connectivity index (χ1n) is 8.02. The number of rotatable bonds is 5. The van der Waals surface area contributed by atoms with E-state index >= 15 is 0 Å². The maximum Gasteiger partial charge on any atom is 0.136 e. The second-order valence-corrected chi connectivity index (χ2v) is 5.01. The van der Waals surface area contributed by atoms with E-state index in [0.717, 1.165) is 30.4 Å². The third kappa shape index (κ3) is 5.00. The molecule has 0 saturated carbocycles.